The molecule has 0 unspecified atom stereocenters. The number of anilines is 1. The first-order valence-electron chi connectivity index (χ1n) is 5.25. The lowest BCUT2D eigenvalue weighted by Gasteiger charge is -2.05. The summed E-state index contributed by atoms with van der Waals surface area (Å²) < 4.78 is 4.81. The Morgan fingerprint density at radius 3 is 3.11 bits per heavy atom. The van der Waals surface area contributed by atoms with Crippen LogP contribution in [-0.2, 0) is 11.4 Å². The first-order chi connectivity index (χ1) is 8.74. The van der Waals surface area contributed by atoms with Crippen LogP contribution in [0.5, 0.6) is 0 Å². The average molecular weight is 248 g/mol. The zero-order valence-electron chi connectivity index (χ0n) is 9.71. The summed E-state index contributed by atoms with van der Waals surface area (Å²) in [5, 5.41) is 6.06. The van der Waals surface area contributed by atoms with Gasteiger partial charge < -0.3 is 4.52 Å². The van der Waals surface area contributed by atoms with Crippen molar-refractivity contribution in [3.63, 3.8) is 0 Å². The van der Waals surface area contributed by atoms with Gasteiger partial charge in [-0.3, -0.25) is 15.1 Å². The maximum atomic E-state index is 11.4. The zero-order chi connectivity index (χ0) is 12.8. The summed E-state index contributed by atoms with van der Waals surface area (Å²) in [6.45, 7) is 1.99. The minimum Gasteiger partial charge on any atom is -0.338 e. The third kappa shape index (κ3) is 3.56. The molecule has 2 aromatic heterocycles. The number of hydroxylamine groups is 1. The number of pyridine rings is 1. The van der Waals surface area contributed by atoms with Crippen LogP contribution in [0.2, 0.25) is 0 Å². The van der Waals surface area contributed by atoms with Crippen molar-refractivity contribution in [1.82, 2.24) is 15.6 Å². The molecule has 2 rings (SSSR count). The second-order valence-corrected chi connectivity index (χ2v) is 3.54. The van der Waals surface area contributed by atoms with Gasteiger partial charge in [-0.05, 0) is 18.6 Å². The van der Waals surface area contributed by atoms with Crippen molar-refractivity contribution in [2.24, 2.45) is 0 Å². The Morgan fingerprint density at radius 1 is 1.56 bits per heavy atom. The van der Waals surface area contributed by atoms with Gasteiger partial charge in [0.15, 0.2) is 0 Å². The number of aryl methyl sites for hydroxylation is 1. The largest absolute Gasteiger partial charge is 0.345 e. The number of amides is 2. The van der Waals surface area contributed by atoms with E-state index in [0.29, 0.717) is 5.69 Å². The van der Waals surface area contributed by atoms with Gasteiger partial charge in [-0.25, -0.2) is 10.3 Å². The predicted molar refractivity (Wildman–Crippen MR) is 62.4 cm³/mol. The van der Waals surface area contributed by atoms with Gasteiger partial charge in [-0.15, -0.1) is 0 Å². The number of hydrogen-bond donors (Lipinski definition) is 2. The number of carbonyl (C=O) groups excluding carboxylic acids is 1. The molecule has 0 spiro atoms. The molecule has 2 N–H and O–H groups in total. The molecule has 0 fully saturated rings. The Bertz CT molecular complexity index is 512. The Labute approximate surface area is 103 Å². The number of hydrogen-bond acceptors (Lipinski definition) is 5. The fourth-order valence-corrected chi connectivity index (χ4v) is 1.23. The molecule has 2 aromatic rings. The van der Waals surface area contributed by atoms with Gasteiger partial charge in [-0.1, -0.05) is 11.2 Å². The highest BCUT2D eigenvalue weighted by molar-refractivity contribution is 5.86. The van der Waals surface area contributed by atoms with E-state index in [4.69, 9.17) is 9.36 Å². The molecule has 0 aromatic carbocycles. The van der Waals surface area contributed by atoms with Crippen LogP contribution in [-0.4, -0.2) is 16.2 Å². The van der Waals surface area contributed by atoms with E-state index in [1.165, 1.54) is 0 Å². The molecular formula is C11H12N4O3. The molecule has 0 aliphatic carbocycles. The van der Waals surface area contributed by atoms with Crippen LogP contribution in [0.3, 0.4) is 0 Å². The Morgan fingerprint density at radius 2 is 2.44 bits per heavy atom. The van der Waals surface area contributed by atoms with Gasteiger partial charge in [0.25, 0.3) is 0 Å². The third-order valence-corrected chi connectivity index (χ3v) is 1.99. The van der Waals surface area contributed by atoms with E-state index in [1.807, 2.05) is 6.07 Å². The Balaban J connectivity index is 1.72. The van der Waals surface area contributed by atoms with Crippen LogP contribution >= 0.6 is 0 Å². The van der Waals surface area contributed by atoms with Crippen molar-refractivity contribution >= 4 is 11.9 Å². The lowest BCUT2D eigenvalue weighted by Crippen LogP contribution is -2.28. The van der Waals surface area contributed by atoms with Crippen molar-refractivity contribution in [3.8, 4) is 0 Å². The van der Waals surface area contributed by atoms with Crippen molar-refractivity contribution in [2.75, 3.05) is 5.32 Å². The van der Waals surface area contributed by atoms with Crippen LogP contribution in [0, 0.1) is 6.92 Å². The van der Waals surface area contributed by atoms with Crippen LogP contribution in [0.25, 0.3) is 0 Å². The van der Waals surface area contributed by atoms with Crippen LogP contribution in [0.1, 0.15) is 11.3 Å². The molecule has 0 radical (unpaired) electrons. The van der Waals surface area contributed by atoms with Gasteiger partial charge in [0, 0.05) is 18.5 Å². The fourth-order valence-electron chi connectivity index (χ4n) is 1.23. The van der Waals surface area contributed by atoms with E-state index in [1.54, 1.807) is 31.5 Å². The monoisotopic (exact) mass is 248 g/mol. The molecule has 0 aliphatic rings. The van der Waals surface area contributed by atoms with Crippen LogP contribution in [0.4, 0.5) is 10.7 Å². The van der Waals surface area contributed by atoms with Crippen molar-refractivity contribution in [1.29, 1.82) is 0 Å². The van der Waals surface area contributed by atoms with E-state index in [9.17, 15) is 4.79 Å². The summed E-state index contributed by atoms with van der Waals surface area (Å²) in [5.74, 6) is 0.259. The third-order valence-electron chi connectivity index (χ3n) is 1.99. The number of aromatic nitrogens is 2. The minimum atomic E-state index is -0.532. The second kappa shape index (κ2) is 5.78. The standard InChI is InChI=1S/C11H12N4O3/c1-8-5-10(18-14-8)13-11(16)15-17-7-9-3-2-4-12-6-9/h2-6H,7H2,1H3,(H2,13,15,16). The van der Waals surface area contributed by atoms with Crippen molar-refractivity contribution < 1.29 is 14.2 Å². The van der Waals surface area contributed by atoms with Gasteiger partial charge in [-0.2, -0.15) is 0 Å². The summed E-state index contributed by atoms with van der Waals surface area (Å²) >= 11 is 0. The zero-order valence-corrected chi connectivity index (χ0v) is 9.71. The first-order valence-corrected chi connectivity index (χ1v) is 5.25. The molecule has 0 aliphatic heterocycles. The number of nitrogens with one attached hydrogen (secondary N) is 2. The number of nitrogens with zero attached hydrogens (tertiary/aromatic N) is 2. The highest BCUT2D eigenvalue weighted by Crippen LogP contribution is 2.07. The SMILES string of the molecule is Cc1cc(NC(=O)NOCc2cccnc2)on1. The van der Waals surface area contributed by atoms with Gasteiger partial charge in [0.05, 0.1) is 5.69 Å². The van der Waals surface area contributed by atoms with E-state index in [-0.39, 0.29) is 12.5 Å². The molecule has 7 heteroatoms. The summed E-state index contributed by atoms with van der Waals surface area (Å²) in [4.78, 5) is 20.3. The summed E-state index contributed by atoms with van der Waals surface area (Å²) in [7, 11) is 0. The molecule has 7 nitrogen and oxygen atoms in total. The molecular weight excluding hydrogens is 236 g/mol. The number of urea groups is 1. The molecule has 18 heavy (non-hydrogen) atoms. The topological polar surface area (TPSA) is 89.3 Å². The summed E-state index contributed by atoms with van der Waals surface area (Å²) in [6.07, 6.45) is 3.31. The molecule has 0 saturated heterocycles. The summed E-state index contributed by atoms with van der Waals surface area (Å²) in [5.41, 5.74) is 3.76. The quantitative estimate of drug-likeness (QED) is 0.803. The maximum absolute atomic E-state index is 11.4. The molecule has 94 valence electrons. The fraction of sp³-hybridized carbons (Fsp3) is 0.182. The predicted octanol–water partition coefficient (Wildman–Crippen LogP) is 1.63. The van der Waals surface area contributed by atoms with E-state index < -0.39 is 6.03 Å². The normalized spacial score (nSPS) is 10.1. The summed E-state index contributed by atoms with van der Waals surface area (Å²) in [6, 6.07) is 4.69. The second-order valence-electron chi connectivity index (χ2n) is 3.54. The molecule has 2 amide bonds. The van der Waals surface area contributed by atoms with E-state index in [0.717, 1.165) is 5.56 Å². The molecule has 0 atom stereocenters. The Kier molecular flexibility index (Phi) is 3.87. The van der Waals surface area contributed by atoms with Crippen LogP contribution in [0.15, 0.2) is 35.1 Å². The molecule has 2 heterocycles. The lowest BCUT2D eigenvalue weighted by atomic mass is 10.3. The lowest BCUT2D eigenvalue weighted by molar-refractivity contribution is 0.0532. The maximum Gasteiger partial charge on any atom is 0.345 e. The smallest absolute Gasteiger partial charge is 0.338 e. The van der Waals surface area contributed by atoms with Crippen molar-refractivity contribution in [3.05, 3.63) is 41.9 Å². The first kappa shape index (κ1) is 12.1. The number of rotatable bonds is 4. The highest BCUT2D eigenvalue weighted by Gasteiger charge is 2.05. The van der Waals surface area contributed by atoms with E-state index >= 15 is 0 Å². The van der Waals surface area contributed by atoms with Crippen molar-refractivity contribution in [2.45, 2.75) is 13.5 Å². The van der Waals surface area contributed by atoms with Gasteiger partial charge >= 0.3 is 6.03 Å². The number of carbonyl (C=O) groups is 1. The average Bonchev–Trinajstić information content (AvgIpc) is 2.76. The Hall–Kier alpha value is -2.41. The van der Waals surface area contributed by atoms with Crippen LogP contribution < -0.4 is 10.8 Å². The highest BCUT2D eigenvalue weighted by atomic mass is 16.7. The van der Waals surface area contributed by atoms with Gasteiger partial charge in [0.2, 0.25) is 5.88 Å². The molecule has 0 saturated carbocycles. The molecule has 0 bridgehead atoms. The van der Waals surface area contributed by atoms with Gasteiger partial charge in [0.1, 0.15) is 6.61 Å². The van der Waals surface area contributed by atoms with E-state index in [2.05, 4.69) is 20.9 Å². The minimum absolute atomic E-state index is 0.233.